The molecular weight excluding hydrogens is 603 g/mol. The van der Waals surface area contributed by atoms with Gasteiger partial charge in [0.05, 0.1) is 30.5 Å². The molecule has 1 amide bonds. The van der Waals surface area contributed by atoms with Crippen LogP contribution in [0.2, 0.25) is 0 Å². The standard InChI is InChI=1S/C28H35FN4O8S2/c1-17-14-33(18(2)16-34)27(35)13-21-12-23(31-42(36,37)28-19(3)30-41-20(28)4)8-11-25(21)40-26(17)15-32(5)43(38,39)24-9-6-22(29)7-10-24/h6-12,17-18,26,31,34H,13-16H2,1-5H3/t17-,18+,26+/m0/s1. The van der Waals surface area contributed by atoms with Gasteiger partial charge in [-0.05, 0) is 63.2 Å². The van der Waals surface area contributed by atoms with Crippen molar-refractivity contribution in [1.29, 1.82) is 0 Å². The zero-order valence-electron chi connectivity index (χ0n) is 24.4. The number of nitrogens with zero attached hydrogens (tertiary/aromatic N) is 3. The number of aliphatic hydroxyl groups is 1. The molecular formula is C28H35FN4O8S2. The highest BCUT2D eigenvalue weighted by Gasteiger charge is 2.34. The Bertz CT molecular complexity index is 1670. The van der Waals surface area contributed by atoms with Gasteiger partial charge < -0.3 is 19.3 Å². The third-order valence-corrected chi connectivity index (χ3v) is 10.8. The summed E-state index contributed by atoms with van der Waals surface area (Å²) in [5, 5.41) is 13.6. The van der Waals surface area contributed by atoms with Gasteiger partial charge >= 0.3 is 0 Å². The van der Waals surface area contributed by atoms with Crippen LogP contribution >= 0.6 is 0 Å². The predicted molar refractivity (Wildman–Crippen MR) is 155 cm³/mol. The topological polar surface area (TPSA) is 159 Å². The predicted octanol–water partition coefficient (Wildman–Crippen LogP) is 2.70. The molecule has 0 saturated carbocycles. The Kier molecular flexibility index (Phi) is 9.49. The molecule has 0 spiro atoms. The third-order valence-electron chi connectivity index (χ3n) is 7.36. The summed E-state index contributed by atoms with van der Waals surface area (Å²) < 4.78 is 81.1. The number of sulfonamides is 2. The normalized spacial score (nSPS) is 18.8. The number of aliphatic hydroxyl groups excluding tert-OH is 1. The van der Waals surface area contributed by atoms with E-state index in [1.54, 1.807) is 6.92 Å². The van der Waals surface area contributed by atoms with E-state index < -0.39 is 43.9 Å². The molecule has 0 aliphatic carbocycles. The number of nitrogens with one attached hydrogen (secondary N) is 1. The van der Waals surface area contributed by atoms with Crippen molar-refractivity contribution in [3.63, 3.8) is 0 Å². The molecule has 234 valence electrons. The number of fused-ring (bicyclic) bond motifs is 1. The Morgan fingerprint density at radius 1 is 1.16 bits per heavy atom. The maximum atomic E-state index is 13.5. The second-order valence-corrected chi connectivity index (χ2v) is 14.4. The fraction of sp³-hybridized carbons (Fsp3) is 0.429. The van der Waals surface area contributed by atoms with Crippen molar-refractivity contribution >= 4 is 31.6 Å². The summed E-state index contributed by atoms with van der Waals surface area (Å²) >= 11 is 0. The Labute approximate surface area is 250 Å². The monoisotopic (exact) mass is 638 g/mol. The first kappa shape index (κ1) is 32.4. The SMILES string of the molecule is Cc1noc(C)c1S(=O)(=O)Nc1ccc2c(c1)CC(=O)N([C@H](C)CO)C[C@H](C)[C@@H](CN(C)S(=O)(=O)c1ccc(F)cc1)O2. The van der Waals surface area contributed by atoms with Crippen molar-refractivity contribution in [2.24, 2.45) is 5.92 Å². The molecule has 1 aliphatic rings. The van der Waals surface area contributed by atoms with Gasteiger partial charge in [0.25, 0.3) is 10.0 Å². The van der Waals surface area contributed by atoms with E-state index in [4.69, 9.17) is 9.26 Å². The molecule has 0 saturated heterocycles. The van der Waals surface area contributed by atoms with Crippen molar-refractivity contribution in [1.82, 2.24) is 14.4 Å². The third kappa shape index (κ3) is 7.00. The van der Waals surface area contributed by atoms with Crippen LogP contribution in [0.15, 0.2) is 56.8 Å². The van der Waals surface area contributed by atoms with Crippen LogP contribution in [0.5, 0.6) is 5.75 Å². The lowest BCUT2D eigenvalue weighted by atomic mass is 10.0. The van der Waals surface area contributed by atoms with Gasteiger partial charge in [-0.25, -0.2) is 21.2 Å². The number of amides is 1. The molecule has 4 rings (SSSR count). The first-order valence-corrected chi connectivity index (χ1v) is 16.4. The van der Waals surface area contributed by atoms with Gasteiger partial charge in [-0.3, -0.25) is 9.52 Å². The summed E-state index contributed by atoms with van der Waals surface area (Å²) in [6, 6.07) is 8.42. The molecule has 2 heterocycles. The molecule has 0 unspecified atom stereocenters. The number of rotatable bonds is 9. The molecule has 2 aromatic carbocycles. The number of likely N-dealkylation sites (N-methyl/N-ethyl adjacent to an activating group) is 1. The molecule has 0 bridgehead atoms. The first-order chi connectivity index (χ1) is 20.1. The molecule has 43 heavy (non-hydrogen) atoms. The van der Waals surface area contributed by atoms with Crippen molar-refractivity contribution < 1.29 is 40.4 Å². The minimum absolute atomic E-state index is 0.0894. The number of hydrogen-bond acceptors (Lipinski definition) is 9. The molecule has 2 N–H and O–H groups in total. The Morgan fingerprint density at radius 2 is 1.84 bits per heavy atom. The lowest BCUT2D eigenvalue weighted by molar-refractivity contribution is -0.134. The number of hydrogen-bond donors (Lipinski definition) is 2. The average Bonchev–Trinajstić information content (AvgIpc) is 3.31. The number of carbonyl (C=O) groups is 1. The number of anilines is 1. The van der Waals surface area contributed by atoms with Crippen molar-refractivity contribution in [2.75, 3.05) is 31.5 Å². The van der Waals surface area contributed by atoms with Crippen molar-refractivity contribution in [2.45, 2.75) is 56.1 Å². The highest BCUT2D eigenvalue weighted by Crippen LogP contribution is 2.31. The number of aryl methyl sites for hydroxylation is 2. The van der Waals surface area contributed by atoms with Crippen LogP contribution in [-0.2, 0) is 31.3 Å². The number of benzene rings is 2. The Balaban J connectivity index is 1.69. The Hall–Kier alpha value is -3.53. The van der Waals surface area contributed by atoms with Gasteiger partial charge in [-0.1, -0.05) is 12.1 Å². The maximum Gasteiger partial charge on any atom is 0.267 e. The zero-order valence-corrected chi connectivity index (χ0v) is 26.1. The van der Waals surface area contributed by atoms with E-state index in [0.29, 0.717) is 5.56 Å². The molecule has 0 fully saturated rings. The smallest absolute Gasteiger partial charge is 0.267 e. The van der Waals surface area contributed by atoms with E-state index in [2.05, 4.69) is 9.88 Å². The van der Waals surface area contributed by atoms with Gasteiger partial charge in [-0.2, -0.15) is 4.31 Å². The maximum absolute atomic E-state index is 13.5. The molecule has 1 aliphatic heterocycles. The first-order valence-electron chi connectivity index (χ1n) is 13.5. The fourth-order valence-corrected chi connectivity index (χ4v) is 7.48. The lowest BCUT2D eigenvalue weighted by Gasteiger charge is -2.33. The summed E-state index contributed by atoms with van der Waals surface area (Å²) in [4.78, 5) is 14.8. The van der Waals surface area contributed by atoms with Crippen LogP contribution in [0.25, 0.3) is 0 Å². The molecule has 3 aromatic rings. The van der Waals surface area contributed by atoms with Crippen molar-refractivity contribution in [3.05, 3.63) is 65.3 Å². The van der Waals surface area contributed by atoms with Crippen LogP contribution in [-0.4, -0.2) is 81.1 Å². The summed E-state index contributed by atoms with van der Waals surface area (Å²) in [5.74, 6) is -0.889. The quantitative estimate of drug-likeness (QED) is 0.359. The number of ether oxygens (including phenoxy) is 1. The largest absolute Gasteiger partial charge is 0.488 e. The summed E-state index contributed by atoms with van der Waals surface area (Å²) in [5.41, 5.74) is 0.718. The molecule has 1 aromatic heterocycles. The highest BCUT2D eigenvalue weighted by atomic mass is 32.2. The van der Waals surface area contributed by atoms with Gasteiger partial charge in [0.15, 0.2) is 10.7 Å². The average molecular weight is 639 g/mol. The van der Waals surface area contributed by atoms with Crippen LogP contribution < -0.4 is 9.46 Å². The second kappa shape index (κ2) is 12.6. The molecule has 0 radical (unpaired) electrons. The lowest BCUT2D eigenvalue weighted by Crippen LogP contribution is -2.48. The number of halogens is 1. The van der Waals surface area contributed by atoms with Crippen LogP contribution in [0.4, 0.5) is 10.1 Å². The minimum atomic E-state index is -4.08. The van der Waals surface area contributed by atoms with E-state index in [1.165, 1.54) is 56.1 Å². The van der Waals surface area contributed by atoms with Crippen LogP contribution in [0, 0.1) is 25.6 Å². The molecule has 12 nitrogen and oxygen atoms in total. The fourth-order valence-electron chi connectivity index (χ4n) is 4.91. The number of aromatic nitrogens is 1. The van der Waals surface area contributed by atoms with Gasteiger partial charge in [0.2, 0.25) is 15.9 Å². The van der Waals surface area contributed by atoms with Crippen molar-refractivity contribution in [3.8, 4) is 5.75 Å². The highest BCUT2D eigenvalue weighted by molar-refractivity contribution is 7.92. The number of carbonyl (C=O) groups excluding carboxylic acids is 1. The van der Waals surface area contributed by atoms with E-state index in [1.807, 2.05) is 6.92 Å². The van der Waals surface area contributed by atoms with Crippen LogP contribution in [0.1, 0.15) is 30.9 Å². The van der Waals surface area contributed by atoms with Crippen LogP contribution in [0.3, 0.4) is 0 Å². The summed E-state index contributed by atoms with van der Waals surface area (Å²) in [6.07, 6.45) is -0.924. The zero-order chi connectivity index (χ0) is 31.7. The van der Waals surface area contributed by atoms with Gasteiger partial charge in [-0.15, -0.1) is 0 Å². The van der Waals surface area contributed by atoms with E-state index in [0.717, 1.165) is 16.4 Å². The summed E-state index contributed by atoms with van der Waals surface area (Å²) in [7, 11) is -6.70. The Morgan fingerprint density at radius 3 is 2.44 bits per heavy atom. The molecule has 15 heteroatoms. The second-order valence-electron chi connectivity index (χ2n) is 10.7. The van der Waals surface area contributed by atoms with Gasteiger partial charge in [0.1, 0.15) is 23.4 Å². The van der Waals surface area contributed by atoms with E-state index in [9.17, 15) is 31.1 Å². The minimum Gasteiger partial charge on any atom is -0.488 e. The van der Waals surface area contributed by atoms with E-state index in [-0.39, 0.29) is 64.7 Å². The molecule has 3 atom stereocenters. The van der Waals surface area contributed by atoms with Gasteiger partial charge in [0, 0.05) is 30.8 Å². The summed E-state index contributed by atoms with van der Waals surface area (Å²) in [6.45, 7) is 6.24. The van der Waals surface area contributed by atoms with E-state index >= 15 is 0 Å².